The largest absolute Gasteiger partial charge is 0.327 e. The lowest BCUT2D eigenvalue weighted by Gasteiger charge is -2.15. The van der Waals surface area contributed by atoms with E-state index >= 15 is 0 Å². The summed E-state index contributed by atoms with van der Waals surface area (Å²) >= 11 is 0. The summed E-state index contributed by atoms with van der Waals surface area (Å²) in [6.45, 7) is 0.344. The van der Waals surface area contributed by atoms with Crippen LogP contribution in [0.2, 0.25) is 0 Å². The van der Waals surface area contributed by atoms with Gasteiger partial charge in [-0.05, 0) is 11.1 Å². The number of hydrogen-bond acceptors (Lipinski definition) is 3. The molecule has 0 fully saturated rings. The lowest BCUT2D eigenvalue weighted by molar-refractivity contribution is 0.596. The summed E-state index contributed by atoms with van der Waals surface area (Å²) in [6.07, 6.45) is 3.55. The normalized spacial score (nSPS) is 11.5. The highest BCUT2D eigenvalue weighted by atomic mass is 32.2. The molecule has 0 atom stereocenters. The number of sulfonamides is 1. The summed E-state index contributed by atoms with van der Waals surface area (Å²) in [5, 5.41) is 5.62. The molecule has 4 aromatic rings. The zero-order valence-corrected chi connectivity index (χ0v) is 15.9. The molecule has 3 aromatic carbocycles. The van der Waals surface area contributed by atoms with Gasteiger partial charge in [0.05, 0.1) is 11.4 Å². The molecule has 0 aliphatic heterocycles. The van der Waals surface area contributed by atoms with Crippen molar-refractivity contribution in [2.75, 3.05) is 0 Å². The quantitative estimate of drug-likeness (QED) is 0.562. The zero-order valence-electron chi connectivity index (χ0n) is 15.1. The average molecular weight is 389 g/mol. The number of nitrogens with zero attached hydrogens (tertiary/aromatic N) is 2. The minimum absolute atomic E-state index is 0.147. The molecule has 6 heteroatoms. The van der Waals surface area contributed by atoms with Gasteiger partial charge in [-0.3, -0.25) is 0 Å². The topological polar surface area (TPSA) is 78.0 Å². The second kappa shape index (κ2) is 7.42. The molecule has 0 spiro atoms. The molecular formula is C22H19N3O2S. The van der Waals surface area contributed by atoms with Gasteiger partial charge in [0.1, 0.15) is 5.82 Å². The SMILES string of the molecule is NS(=O)(=O)c1c(Cn2ccnc2-c2ccccc2)cccc1-c1ccccc1. The van der Waals surface area contributed by atoms with E-state index in [9.17, 15) is 8.42 Å². The molecule has 0 unspecified atom stereocenters. The number of rotatable bonds is 5. The molecule has 0 radical (unpaired) electrons. The molecule has 0 aliphatic carbocycles. The number of aromatic nitrogens is 2. The Morgan fingerprint density at radius 3 is 2.11 bits per heavy atom. The van der Waals surface area contributed by atoms with Crippen molar-refractivity contribution >= 4 is 10.0 Å². The Balaban J connectivity index is 1.84. The fourth-order valence-corrected chi connectivity index (χ4v) is 4.35. The molecule has 28 heavy (non-hydrogen) atoms. The summed E-state index contributed by atoms with van der Waals surface area (Å²) < 4.78 is 26.9. The number of primary sulfonamides is 1. The zero-order chi connectivity index (χ0) is 19.6. The van der Waals surface area contributed by atoms with Crippen molar-refractivity contribution in [2.45, 2.75) is 11.4 Å². The molecule has 5 nitrogen and oxygen atoms in total. The van der Waals surface area contributed by atoms with Crippen LogP contribution in [0, 0.1) is 0 Å². The molecule has 1 aromatic heterocycles. The fraction of sp³-hybridized carbons (Fsp3) is 0.0455. The first-order chi connectivity index (χ1) is 13.5. The van der Waals surface area contributed by atoms with E-state index < -0.39 is 10.0 Å². The van der Waals surface area contributed by atoms with Gasteiger partial charge in [0, 0.05) is 23.5 Å². The first kappa shape index (κ1) is 18.2. The van der Waals surface area contributed by atoms with E-state index in [4.69, 9.17) is 5.14 Å². The predicted molar refractivity (Wildman–Crippen MR) is 110 cm³/mol. The lowest BCUT2D eigenvalue weighted by atomic mass is 10.0. The predicted octanol–water partition coefficient (Wildman–Crippen LogP) is 3.91. The summed E-state index contributed by atoms with van der Waals surface area (Å²) in [6, 6.07) is 24.6. The maximum absolute atomic E-state index is 12.5. The highest BCUT2D eigenvalue weighted by molar-refractivity contribution is 7.89. The van der Waals surface area contributed by atoms with Crippen LogP contribution >= 0.6 is 0 Å². The van der Waals surface area contributed by atoms with Gasteiger partial charge in [0.15, 0.2) is 0 Å². The fourth-order valence-electron chi connectivity index (χ4n) is 3.36. The van der Waals surface area contributed by atoms with Crippen LogP contribution in [-0.2, 0) is 16.6 Å². The van der Waals surface area contributed by atoms with Crippen LogP contribution in [0.15, 0.2) is 96.2 Å². The standard InChI is InChI=1S/C22H19N3O2S/c23-28(26,27)21-19(12-7-13-20(21)17-8-3-1-4-9-17)16-25-15-14-24-22(25)18-10-5-2-6-11-18/h1-15H,16H2,(H2,23,26,27). The van der Waals surface area contributed by atoms with E-state index in [1.54, 1.807) is 18.3 Å². The van der Waals surface area contributed by atoms with E-state index in [2.05, 4.69) is 4.98 Å². The third-order valence-corrected chi connectivity index (χ3v) is 5.61. The summed E-state index contributed by atoms with van der Waals surface area (Å²) in [5.41, 5.74) is 2.99. The second-order valence-corrected chi connectivity index (χ2v) is 7.95. The summed E-state index contributed by atoms with van der Waals surface area (Å²) in [4.78, 5) is 4.58. The van der Waals surface area contributed by atoms with Crippen molar-refractivity contribution in [3.63, 3.8) is 0 Å². The number of benzene rings is 3. The number of nitrogens with two attached hydrogens (primary N) is 1. The first-order valence-corrected chi connectivity index (χ1v) is 10.4. The summed E-state index contributed by atoms with van der Waals surface area (Å²) in [5.74, 6) is 0.770. The lowest BCUT2D eigenvalue weighted by Crippen LogP contribution is -2.17. The molecule has 4 rings (SSSR count). The van der Waals surface area contributed by atoms with Gasteiger partial charge in [-0.2, -0.15) is 0 Å². The van der Waals surface area contributed by atoms with Crippen LogP contribution in [0.25, 0.3) is 22.5 Å². The molecule has 2 N–H and O–H groups in total. The Hall–Kier alpha value is -3.22. The highest BCUT2D eigenvalue weighted by Crippen LogP contribution is 2.30. The van der Waals surface area contributed by atoms with Crippen LogP contribution < -0.4 is 5.14 Å². The Morgan fingerprint density at radius 2 is 1.46 bits per heavy atom. The third kappa shape index (κ3) is 3.60. The van der Waals surface area contributed by atoms with Gasteiger partial charge in [-0.15, -0.1) is 0 Å². The van der Waals surface area contributed by atoms with E-state index in [0.717, 1.165) is 17.0 Å². The monoisotopic (exact) mass is 389 g/mol. The highest BCUT2D eigenvalue weighted by Gasteiger charge is 2.20. The molecule has 0 bridgehead atoms. The Kier molecular flexibility index (Phi) is 4.81. The van der Waals surface area contributed by atoms with Gasteiger partial charge in [0.2, 0.25) is 10.0 Å². The molecule has 0 aliphatic rings. The van der Waals surface area contributed by atoms with Gasteiger partial charge < -0.3 is 4.57 Å². The van der Waals surface area contributed by atoms with E-state index in [1.165, 1.54) is 0 Å². The van der Waals surface area contributed by atoms with E-state index in [0.29, 0.717) is 17.7 Å². The van der Waals surface area contributed by atoms with E-state index in [1.807, 2.05) is 77.5 Å². The summed E-state index contributed by atoms with van der Waals surface area (Å²) in [7, 11) is -3.93. The van der Waals surface area contributed by atoms with Crippen LogP contribution in [-0.4, -0.2) is 18.0 Å². The molecule has 0 saturated heterocycles. The molecule has 0 amide bonds. The van der Waals surface area contributed by atoms with E-state index in [-0.39, 0.29) is 4.90 Å². The average Bonchev–Trinajstić information content (AvgIpc) is 3.16. The van der Waals surface area contributed by atoms with Crippen LogP contribution in [0.4, 0.5) is 0 Å². The van der Waals surface area contributed by atoms with Gasteiger partial charge in [-0.25, -0.2) is 18.5 Å². The van der Waals surface area contributed by atoms with Gasteiger partial charge in [0.25, 0.3) is 0 Å². The van der Waals surface area contributed by atoms with Crippen LogP contribution in [0.1, 0.15) is 5.56 Å². The first-order valence-electron chi connectivity index (χ1n) is 8.81. The Labute approximate surface area is 164 Å². The van der Waals surface area contributed by atoms with Gasteiger partial charge >= 0.3 is 0 Å². The molecule has 0 saturated carbocycles. The number of hydrogen-bond donors (Lipinski definition) is 1. The third-order valence-electron chi connectivity index (χ3n) is 4.55. The molecule has 140 valence electrons. The van der Waals surface area contributed by atoms with Crippen molar-refractivity contribution in [1.82, 2.24) is 9.55 Å². The molecular weight excluding hydrogens is 370 g/mol. The second-order valence-electron chi connectivity index (χ2n) is 6.45. The minimum atomic E-state index is -3.93. The smallest absolute Gasteiger partial charge is 0.239 e. The van der Waals surface area contributed by atoms with Crippen LogP contribution in [0.3, 0.4) is 0 Å². The van der Waals surface area contributed by atoms with Crippen molar-refractivity contribution in [3.05, 3.63) is 96.8 Å². The van der Waals surface area contributed by atoms with Crippen LogP contribution in [0.5, 0.6) is 0 Å². The van der Waals surface area contributed by atoms with Crippen molar-refractivity contribution in [1.29, 1.82) is 0 Å². The number of imidazole rings is 1. The van der Waals surface area contributed by atoms with Gasteiger partial charge in [-0.1, -0.05) is 78.9 Å². The van der Waals surface area contributed by atoms with Crippen molar-refractivity contribution in [3.8, 4) is 22.5 Å². The molecule has 1 heterocycles. The maximum atomic E-state index is 12.5. The Morgan fingerprint density at radius 1 is 0.821 bits per heavy atom. The van der Waals surface area contributed by atoms with Crippen molar-refractivity contribution < 1.29 is 8.42 Å². The maximum Gasteiger partial charge on any atom is 0.239 e. The van der Waals surface area contributed by atoms with Crippen molar-refractivity contribution in [2.24, 2.45) is 5.14 Å². The Bertz CT molecular complexity index is 1200. The minimum Gasteiger partial charge on any atom is -0.327 e.